The van der Waals surface area contributed by atoms with Crippen molar-refractivity contribution in [1.82, 2.24) is 9.55 Å². The van der Waals surface area contributed by atoms with E-state index >= 15 is 0 Å². The molecule has 0 aliphatic carbocycles. The van der Waals surface area contributed by atoms with E-state index in [0.29, 0.717) is 10.9 Å². The predicted molar refractivity (Wildman–Crippen MR) is 93.8 cm³/mol. The van der Waals surface area contributed by atoms with E-state index in [4.69, 9.17) is 10.00 Å². The zero-order valence-electron chi connectivity index (χ0n) is 14.3. The molecule has 0 bridgehead atoms. The molecule has 0 fully saturated rings. The lowest BCUT2D eigenvalue weighted by Crippen LogP contribution is -2.26. The molecule has 0 spiro atoms. The number of hydrogen-bond donors (Lipinski definition) is 0. The van der Waals surface area contributed by atoms with Crippen LogP contribution in [0.2, 0.25) is 0 Å². The second-order valence-corrected chi connectivity index (χ2v) is 5.58. The minimum Gasteiger partial charge on any atom is -0.454 e. The van der Waals surface area contributed by atoms with Gasteiger partial charge in [-0.05, 0) is 30.3 Å². The first-order chi connectivity index (χ1) is 13.5. The molecule has 0 amide bonds. The van der Waals surface area contributed by atoms with E-state index in [2.05, 4.69) is 9.72 Å². The highest BCUT2D eigenvalue weighted by Gasteiger charge is 2.15. The normalized spacial score (nSPS) is 10.6. The van der Waals surface area contributed by atoms with Crippen LogP contribution in [-0.4, -0.2) is 22.1 Å². The van der Waals surface area contributed by atoms with Gasteiger partial charge in [-0.3, -0.25) is 9.36 Å². The molecular weight excluding hydrogens is 372 g/mol. The molecule has 0 aliphatic heterocycles. The summed E-state index contributed by atoms with van der Waals surface area (Å²) >= 11 is 0. The summed E-state index contributed by atoms with van der Waals surface area (Å²) in [6, 6.07) is 13.6. The Balaban J connectivity index is 1.85. The number of carbonyl (C=O) groups is 1. The summed E-state index contributed by atoms with van der Waals surface area (Å²) < 4.78 is 35.1. The molecule has 7 nitrogen and oxygen atoms in total. The quantitative estimate of drug-likeness (QED) is 0.606. The Hall–Kier alpha value is -3.80. The third-order valence-electron chi connectivity index (χ3n) is 3.80. The molecule has 0 radical (unpaired) electrons. The summed E-state index contributed by atoms with van der Waals surface area (Å²) in [7, 11) is 0. The average Bonchev–Trinajstić information content (AvgIpc) is 2.68. The van der Waals surface area contributed by atoms with Gasteiger partial charge in [0.05, 0.1) is 22.5 Å². The first kappa shape index (κ1) is 19.0. The Bertz CT molecular complexity index is 1120. The SMILES string of the molecule is N#CCn1c(COC(=O)c2cccc(OC(F)F)c2)nc2ccccc2c1=O. The van der Waals surface area contributed by atoms with Crippen LogP contribution in [0.4, 0.5) is 8.78 Å². The van der Waals surface area contributed by atoms with Crippen molar-refractivity contribution in [2.45, 2.75) is 19.8 Å². The highest BCUT2D eigenvalue weighted by molar-refractivity contribution is 5.89. The van der Waals surface area contributed by atoms with Crippen molar-refractivity contribution in [3.63, 3.8) is 0 Å². The number of para-hydroxylation sites is 1. The minimum atomic E-state index is -3.02. The third kappa shape index (κ3) is 4.12. The lowest BCUT2D eigenvalue weighted by Gasteiger charge is -2.11. The molecule has 0 saturated carbocycles. The number of aromatic nitrogens is 2. The van der Waals surface area contributed by atoms with Crippen LogP contribution in [0.5, 0.6) is 5.75 Å². The molecule has 3 aromatic rings. The van der Waals surface area contributed by atoms with Gasteiger partial charge in [0.15, 0.2) is 5.82 Å². The van der Waals surface area contributed by atoms with Gasteiger partial charge in [0.25, 0.3) is 5.56 Å². The van der Waals surface area contributed by atoms with Gasteiger partial charge in [0, 0.05) is 0 Å². The fourth-order valence-electron chi connectivity index (χ4n) is 2.57. The molecule has 2 aromatic carbocycles. The summed E-state index contributed by atoms with van der Waals surface area (Å²) in [4.78, 5) is 29.1. The highest BCUT2D eigenvalue weighted by atomic mass is 19.3. The van der Waals surface area contributed by atoms with Crippen LogP contribution in [0.3, 0.4) is 0 Å². The molecule has 0 aliphatic rings. The molecule has 0 atom stereocenters. The zero-order valence-corrected chi connectivity index (χ0v) is 14.3. The van der Waals surface area contributed by atoms with Crippen molar-refractivity contribution in [1.29, 1.82) is 5.26 Å². The molecule has 0 saturated heterocycles. The maximum Gasteiger partial charge on any atom is 0.387 e. The minimum absolute atomic E-state index is 0.00637. The van der Waals surface area contributed by atoms with Crippen LogP contribution in [0, 0.1) is 11.3 Å². The third-order valence-corrected chi connectivity index (χ3v) is 3.80. The standard InChI is InChI=1S/C19H13F2N3O4/c20-19(21)28-13-5-3-4-12(10-13)18(26)27-11-16-23-15-7-2-1-6-14(15)17(25)24(16)9-8-22/h1-7,10,19H,9,11H2. The number of nitrogens with zero attached hydrogens (tertiary/aromatic N) is 3. The van der Waals surface area contributed by atoms with Crippen LogP contribution >= 0.6 is 0 Å². The smallest absolute Gasteiger partial charge is 0.387 e. The van der Waals surface area contributed by atoms with Gasteiger partial charge in [-0.2, -0.15) is 14.0 Å². The van der Waals surface area contributed by atoms with Gasteiger partial charge < -0.3 is 9.47 Å². The number of benzene rings is 2. The highest BCUT2D eigenvalue weighted by Crippen LogP contribution is 2.17. The molecule has 1 aromatic heterocycles. The number of fused-ring (bicyclic) bond motifs is 1. The average molecular weight is 385 g/mol. The van der Waals surface area contributed by atoms with Crippen LogP contribution < -0.4 is 10.3 Å². The van der Waals surface area contributed by atoms with Gasteiger partial charge in [0.1, 0.15) is 18.9 Å². The van der Waals surface area contributed by atoms with Crippen molar-refractivity contribution in [2.75, 3.05) is 0 Å². The molecular formula is C19H13F2N3O4. The van der Waals surface area contributed by atoms with Gasteiger partial charge in [-0.25, -0.2) is 9.78 Å². The first-order valence-corrected chi connectivity index (χ1v) is 8.07. The summed E-state index contributed by atoms with van der Waals surface area (Å²) in [5.41, 5.74) is -0.0290. The number of nitriles is 1. The molecule has 9 heteroatoms. The summed E-state index contributed by atoms with van der Waals surface area (Å²) in [5.74, 6) is -0.904. The van der Waals surface area contributed by atoms with Crippen molar-refractivity contribution >= 4 is 16.9 Å². The number of carbonyl (C=O) groups excluding carboxylic acids is 1. The van der Waals surface area contributed by atoms with Gasteiger partial charge in [0.2, 0.25) is 0 Å². The summed E-state index contributed by atoms with van der Waals surface area (Å²) in [5, 5.41) is 9.32. The lowest BCUT2D eigenvalue weighted by molar-refractivity contribution is -0.0499. The first-order valence-electron chi connectivity index (χ1n) is 8.07. The Morgan fingerprint density at radius 2 is 2.00 bits per heavy atom. The van der Waals surface area contributed by atoms with Crippen molar-refractivity contribution in [2.24, 2.45) is 0 Å². The number of rotatable bonds is 6. The fourth-order valence-corrected chi connectivity index (χ4v) is 2.57. The van der Waals surface area contributed by atoms with Gasteiger partial charge in [-0.15, -0.1) is 0 Å². The number of ether oxygens (including phenoxy) is 2. The molecule has 3 rings (SSSR count). The van der Waals surface area contributed by atoms with E-state index in [1.165, 1.54) is 18.2 Å². The van der Waals surface area contributed by atoms with Gasteiger partial charge >= 0.3 is 12.6 Å². The van der Waals surface area contributed by atoms with Gasteiger partial charge in [-0.1, -0.05) is 18.2 Å². The summed E-state index contributed by atoms with van der Waals surface area (Å²) in [6.07, 6.45) is 0. The predicted octanol–water partition coefficient (Wildman–Crippen LogP) is 2.88. The van der Waals surface area contributed by atoms with Crippen LogP contribution in [0.1, 0.15) is 16.2 Å². The van der Waals surface area contributed by atoms with E-state index in [9.17, 15) is 18.4 Å². The molecule has 1 heterocycles. The number of alkyl halides is 2. The topological polar surface area (TPSA) is 94.2 Å². The maximum atomic E-state index is 12.5. The molecule has 142 valence electrons. The summed E-state index contributed by atoms with van der Waals surface area (Å²) in [6.45, 7) is -3.66. The number of halogens is 2. The molecule has 28 heavy (non-hydrogen) atoms. The van der Waals surface area contributed by atoms with Crippen LogP contribution in [0.25, 0.3) is 10.9 Å². The fraction of sp³-hybridized carbons (Fsp3) is 0.158. The number of esters is 1. The van der Waals surface area contributed by atoms with Crippen molar-refractivity contribution in [3.8, 4) is 11.8 Å². The largest absolute Gasteiger partial charge is 0.454 e. The molecule has 0 N–H and O–H groups in total. The maximum absolute atomic E-state index is 12.5. The Morgan fingerprint density at radius 1 is 1.21 bits per heavy atom. The second-order valence-electron chi connectivity index (χ2n) is 5.58. The van der Waals surface area contributed by atoms with Crippen LogP contribution in [0.15, 0.2) is 53.3 Å². The second kappa shape index (κ2) is 8.26. The van der Waals surface area contributed by atoms with Crippen molar-refractivity contribution in [3.05, 3.63) is 70.3 Å². The van der Waals surface area contributed by atoms with Crippen LogP contribution in [-0.2, 0) is 17.9 Å². The Labute approximate surface area is 157 Å². The van der Waals surface area contributed by atoms with E-state index in [1.807, 2.05) is 6.07 Å². The molecule has 0 unspecified atom stereocenters. The van der Waals surface area contributed by atoms with E-state index in [0.717, 1.165) is 10.6 Å². The van der Waals surface area contributed by atoms with E-state index < -0.39 is 18.1 Å². The van der Waals surface area contributed by atoms with Crippen molar-refractivity contribution < 1.29 is 23.0 Å². The van der Waals surface area contributed by atoms with E-state index in [-0.39, 0.29) is 30.3 Å². The Morgan fingerprint density at radius 3 is 2.75 bits per heavy atom. The number of hydrogen-bond acceptors (Lipinski definition) is 6. The lowest BCUT2D eigenvalue weighted by atomic mass is 10.2. The monoisotopic (exact) mass is 385 g/mol. The zero-order chi connectivity index (χ0) is 20.1. The van der Waals surface area contributed by atoms with E-state index in [1.54, 1.807) is 24.3 Å². The Kier molecular flexibility index (Phi) is 5.60.